The van der Waals surface area contributed by atoms with Gasteiger partial charge in [-0.2, -0.15) is 0 Å². The van der Waals surface area contributed by atoms with Crippen LogP contribution < -0.4 is 9.04 Å². The molecule has 0 unspecified atom stereocenters. The molecule has 0 atom stereocenters. The fraction of sp³-hybridized carbons (Fsp3) is 0.154. The minimum absolute atomic E-state index is 0.0315. The number of hydrogen-bond acceptors (Lipinski definition) is 6. The first-order valence-corrected chi connectivity index (χ1v) is 12.2. The molecule has 0 spiro atoms. The first-order valence-electron chi connectivity index (χ1n) is 10.7. The van der Waals surface area contributed by atoms with E-state index in [0.29, 0.717) is 16.7 Å². The number of fused-ring (bicyclic) bond motifs is 1. The molecule has 8 nitrogen and oxygen atoms in total. The summed E-state index contributed by atoms with van der Waals surface area (Å²) < 4.78 is 40.1. The number of carbonyl (C=O) groups excluding carboxylic acids is 2. The van der Waals surface area contributed by atoms with Gasteiger partial charge < -0.3 is 9.47 Å². The lowest BCUT2D eigenvalue weighted by atomic mass is 10.2. The van der Waals surface area contributed by atoms with Crippen molar-refractivity contribution in [2.75, 3.05) is 25.1 Å². The van der Waals surface area contributed by atoms with E-state index in [1.807, 2.05) is 6.92 Å². The summed E-state index contributed by atoms with van der Waals surface area (Å²) in [4.78, 5) is 25.9. The third kappa shape index (κ3) is 4.50. The summed E-state index contributed by atoms with van der Waals surface area (Å²) in [6.07, 6.45) is 1.37. The fourth-order valence-electron chi connectivity index (χ4n) is 3.87. The van der Waals surface area contributed by atoms with Crippen molar-refractivity contribution in [3.63, 3.8) is 0 Å². The van der Waals surface area contributed by atoms with E-state index in [1.165, 1.54) is 37.1 Å². The second kappa shape index (κ2) is 9.63. The Morgan fingerprint density at radius 3 is 2.31 bits per heavy atom. The number of sulfonamides is 1. The van der Waals surface area contributed by atoms with Crippen LogP contribution in [0.15, 0.2) is 83.9 Å². The molecule has 0 N–H and O–H groups in total. The first kappa shape index (κ1) is 24.0. The van der Waals surface area contributed by atoms with Crippen LogP contribution in [-0.2, 0) is 14.8 Å². The Morgan fingerprint density at radius 2 is 1.63 bits per heavy atom. The quantitative estimate of drug-likeness (QED) is 0.358. The number of esters is 1. The number of hydrogen-bond donors (Lipinski definition) is 0. The third-order valence-electron chi connectivity index (χ3n) is 5.60. The highest BCUT2D eigenvalue weighted by atomic mass is 32.2. The number of carbonyl (C=O) groups is 2. The minimum Gasteiger partial charge on any atom is -0.495 e. The first-order chi connectivity index (χ1) is 16.8. The predicted octanol–water partition coefficient (Wildman–Crippen LogP) is 4.28. The normalized spacial score (nSPS) is 11.3. The van der Waals surface area contributed by atoms with Gasteiger partial charge in [0, 0.05) is 11.6 Å². The molecule has 4 aromatic rings. The zero-order valence-corrected chi connectivity index (χ0v) is 20.3. The average Bonchev–Trinajstić information content (AvgIpc) is 3.27. The fourth-order valence-corrected chi connectivity index (χ4v) is 5.31. The van der Waals surface area contributed by atoms with Crippen molar-refractivity contribution in [2.45, 2.75) is 11.8 Å². The molecule has 3 aromatic carbocycles. The van der Waals surface area contributed by atoms with Crippen LogP contribution in [0.4, 0.5) is 5.69 Å². The zero-order chi connectivity index (χ0) is 25.2. The van der Waals surface area contributed by atoms with E-state index in [4.69, 9.17) is 9.47 Å². The molecule has 0 aliphatic carbocycles. The van der Waals surface area contributed by atoms with E-state index in [9.17, 15) is 18.0 Å². The van der Waals surface area contributed by atoms with E-state index in [2.05, 4.69) is 0 Å². The minimum atomic E-state index is -4.15. The number of methoxy groups -OCH3 is 2. The number of aromatic nitrogens is 1. The molecular formula is C26H24N2O6S. The van der Waals surface area contributed by atoms with E-state index in [-0.39, 0.29) is 16.1 Å². The molecule has 35 heavy (non-hydrogen) atoms. The van der Waals surface area contributed by atoms with Crippen molar-refractivity contribution in [2.24, 2.45) is 0 Å². The lowest BCUT2D eigenvalue weighted by Gasteiger charge is -2.26. The number of rotatable bonds is 7. The molecule has 0 amide bonds. The van der Waals surface area contributed by atoms with Gasteiger partial charge in [-0.15, -0.1) is 0 Å². The monoisotopic (exact) mass is 492 g/mol. The van der Waals surface area contributed by atoms with Crippen LogP contribution in [0.25, 0.3) is 10.9 Å². The molecule has 0 radical (unpaired) electrons. The third-order valence-corrected chi connectivity index (χ3v) is 7.37. The molecule has 4 rings (SSSR count). The van der Waals surface area contributed by atoms with E-state index in [1.54, 1.807) is 60.7 Å². The Labute approximate surface area is 203 Å². The SMILES string of the molecule is COC(=O)c1cn(C(=O)CN(c2cc(C)ccc2OC)S(=O)(=O)c2ccccc2)c2ccccc12. The molecule has 1 heterocycles. The summed E-state index contributed by atoms with van der Waals surface area (Å²) in [7, 11) is -1.45. The van der Waals surface area contributed by atoms with Crippen LogP contribution in [0.2, 0.25) is 0 Å². The second-order valence-corrected chi connectivity index (χ2v) is 9.68. The Morgan fingerprint density at radius 1 is 0.943 bits per heavy atom. The molecule has 0 fully saturated rings. The topological polar surface area (TPSA) is 94.9 Å². The molecule has 0 saturated heterocycles. The van der Waals surface area contributed by atoms with Gasteiger partial charge in [0.2, 0.25) is 0 Å². The molecule has 180 valence electrons. The number of para-hydroxylation sites is 1. The van der Waals surface area contributed by atoms with Gasteiger partial charge in [-0.1, -0.05) is 42.5 Å². The average molecular weight is 493 g/mol. The number of ether oxygens (including phenoxy) is 2. The Kier molecular flexibility index (Phi) is 6.61. The summed E-state index contributed by atoms with van der Waals surface area (Å²) in [6.45, 7) is 1.29. The zero-order valence-electron chi connectivity index (χ0n) is 19.5. The number of aryl methyl sites for hydroxylation is 1. The summed E-state index contributed by atoms with van der Waals surface area (Å²) in [5.41, 5.74) is 1.70. The number of nitrogens with zero attached hydrogens (tertiary/aromatic N) is 2. The Bertz CT molecular complexity index is 1510. The Balaban J connectivity index is 1.86. The van der Waals surface area contributed by atoms with Gasteiger partial charge in [0.1, 0.15) is 12.3 Å². The van der Waals surface area contributed by atoms with Crippen LogP contribution >= 0.6 is 0 Å². The van der Waals surface area contributed by atoms with Gasteiger partial charge in [-0.3, -0.25) is 13.7 Å². The standard InChI is InChI=1S/C26H24N2O6S/c1-18-13-14-24(33-2)23(15-18)28(35(31,32)19-9-5-4-6-10-19)17-25(29)27-16-21(26(30)34-3)20-11-7-8-12-22(20)27/h4-16H,17H2,1-3H3. The lowest BCUT2D eigenvalue weighted by molar-refractivity contribution is 0.0603. The maximum absolute atomic E-state index is 13.7. The maximum Gasteiger partial charge on any atom is 0.340 e. The van der Waals surface area contributed by atoms with Crippen molar-refractivity contribution >= 4 is 38.5 Å². The van der Waals surface area contributed by atoms with Crippen molar-refractivity contribution in [1.29, 1.82) is 0 Å². The van der Waals surface area contributed by atoms with Gasteiger partial charge in [-0.05, 0) is 42.8 Å². The van der Waals surface area contributed by atoms with E-state index >= 15 is 0 Å². The largest absolute Gasteiger partial charge is 0.495 e. The highest BCUT2D eigenvalue weighted by Crippen LogP contribution is 2.34. The van der Waals surface area contributed by atoms with Gasteiger partial charge in [0.05, 0.1) is 35.9 Å². The van der Waals surface area contributed by atoms with E-state index in [0.717, 1.165) is 9.87 Å². The van der Waals surface area contributed by atoms with Crippen LogP contribution in [0.3, 0.4) is 0 Å². The highest BCUT2D eigenvalue weighted by Gasteiger charge is 2.31. The van der Waals surface area contributed by atoms with Gasteiger partial charge >= 0.3 is 5.97 Å². The van der Waals surface area contributed by atoms with Crippen molar-refractivity contribution in [3.8, 4) is 5.75 Å². The second-order valence-electron chi connectivity index (χ2n) is 7.82. The van der Waals surface area contributed by atoms with Crippen molar-refractivity contribution in [3.05, 3.63) is 90.1 Å². The summed E-state index contributed by atoms with van der Waals surface area (Å²) >= 11 is 0. The summed E-state index contributed by atoms with van der Waals surface area (Å²) in [6, 6.07) is 19.8. The molecule has 0 aliphatic heterocycles. The lowest BCUT2D eigenvalue weighted by Crippen LogP contribution is -2.38. The molecule has 0 saturated carbocycles. The molecule has 0 aliphatic rings. The Hall–Kier alpha value is -4.11. The summed E-state index contributed by atoms with van der Waals surface area (Å²) in [5, 5.41) is 0.526. The number of benzene rings is 3. The summed E-state index contributed by atoms with van der Waals surface area (Å²) in [5.74, 6) is -0.850. The highest BCUT2D eigenvalue weighted by molar-refractivity contribution is 7.92. The van der Waals surface area contributed by atoms with Crippen LogP contribution in [0, 0.1) is 6.92 Å². The van der Waals surface area contributed by atoms with Crippen molar-refractivity contribution < 1.29 is 27.5 Å². The molecule has 9 heteroatoms. The van der Waals surface area contributed by atoms with Crippen molar-refractivity contribution in [1.82, 2.24) is 4.57 Å². The molecule has 1 aromatic heterocycles. The smallest absolute Gasteiger partial charge is 0.340 e. The van der Waals surface area contributed by atoms with Crippen LogP contribution in [0.1, 0.15) is 20.7 Å². The number of anilines is 1. The predicted molar refractivity (Wildman–Crippen MR) is 133 cm³/mol. The molecular weight excluding hydrogens is 468 g/mol. The van der Waals surface area contributed by atoms with Gasteiger partial charge in [-0.25, -0.2) is 13.2 Å². The van der Waals surface area contributed by atoms with Crippen LogP contribution in [0.5, 0.6) is 5.75 Å². The van der Waals surface area contributed by atoms with Gasteiger partial charge in [0.25, 0.3) is 15.9 Å². The van der Waals surface area contributed by atoms with Crippen LogP contribution in [-0.4, -0.2) is 45.6 Å². The molecule has 0 bridgehead atoms. The maximum atomic E-state index is 13.7. The van der Waals surface area contributed by atoms with E-state index < -0.39 is 28.4 Å². The van der Waals surface area contributed by atoms with Gasteiger partial charge in [0.15, 0.2) is 0 Å².